The standard InChI is InChI=1S/C15H14BrClN2O/c1-9-3-5-11(6-4-9)10(2)19-15(20)13-7-12(16)8-18-14(13)17/h3-8,10H,1-2H3,(H,19,20). The first-order valence-corrected chi connectivity index (χ1v) is 7.33. The van der Waals surface area contributed by atoms with Gasteiger partial charge in [-0.05, 0) is 41.4 Å². The Kier molecular flexibility index (Phi) is 4.78. The minimum absolute atomic E-state index is 0.0989. The van der Waals surface area contributed by atoms with Gasteiger partial charge in [-0.1, -0.05) is 41.4 Å². The highest BCUT2D eigenvalue weighted by Gasteiger charge is 2.15. The lowest BCUT2D eigenvalue weighted by Gasteiger charge is -2.15. The number of hydrogen-bond donors (Lipinski definition) is 1. The van der Waals surface area contributed by atoms with Crippen molar-refractivity contribution in [1.29, 1.82) is 0 Å². The van der Waals surface area contributed by atoms with Crippen LogP contribution < -0.4 is 5.32 Å². The van der Waals surface area contributed by atoms with Crippen LogP contribution in [0.25, 0.3) is 0 Å². The fraction of sp³-hybridized carbons (Fsp3) is 0.200. The maximum atomic E-state index is 12.2. The SMILES string of the molecule is Cc1ccc(C(C)NC(=O)c2cc(Br)cnc2Cl)cc1. The first kappa shape index (κ1) is 15.0. The Morgan fingerprint density at radius 3 is 2.65 bits per heavy atom. The maximum absolute atomic E-state index is 12.2. The number of carbonyl (C=O) groups is 1. The summed E-state index contributed by atoms with van der Waals surface area (Å²) in [5.41, 5.74) is 2.59. The van der Waals surface area contributed by atoms with E-state index < -0.39 is 0 Å². The van der Waals surface area contributed by atoms with E-state index in [1.54, 1.807) is 12.3 Å². The van der Waals surface area contributed by atoms with Gasteiger partial charge in [0.2, 0.25) is 0 Å². The zero-order valence-electron chi connectivity index (χ0n) is 11.2. The summed E-state index contributed by atoms with van der Waals surface area (Å²) in [6.45, 7) is 3.96. The normalized spacial score (nSPS) is 12.0. The molecule has 0 saturated carbocycles. The van der Waals surface area contributed by atoms with Crippen LogP contribution in [0.4, 0.5) is 0 Å². The fourth-order valence-corrected chi connectivity index (χ4v) is 2.32. The molecule has 104 valence electrons. The second-order valence-corrected chi connectivity index (χ2v) is 5.87. The molecule has 1 unspecified atom stereocenters. The molecule has 1 amide bonds. The molecule has 0 radical (unpaired) electrons. The molecule has 0 spiro atoms. The summed E-state index contributed by atoms with van der Waals surface area (Å²) in [6, 6.07) is 9.60. The van der Waals surface area contributed by atoms with E-state index in [0.29, 0.717) is 5.56 Å². The molecule has 0 saturated heterocycles. The third-order valence-electron chi connectivity index (χ3n) is 2.98. The fourth-order valence-electron chi connectivity index (χ4n) is 1.79. The molecule has 2 aromatic rings. The number of rotatable bonds is 3. The average molecular weight is 354 g/mol. The minimum atomic E-state index is -0.239. The molecule has 1 heterocycles. The van der Waals surface area contributed by atoms with Crippen LogP contribution in [-0.2, 0) is 0 Å². The van der Waals surface area contributed by atoms with Crippen LogP contribution in [0.3, 0.4) is 0 Å². The highest BCUT2D eigenvalue weighted by Crippen LogP contribution is 2.20. The van der Waals surface area contributed by atoms with Gasteiger partial charge < -0.3 is 5.32 Å². The van der Waals surface area contributed by atoms with Crippen molar-refractivity contribution >= 4 is 33.4 Å². The van der Waals surface area contributed by atoms with Crippen LogP contribution in [0.2, 0.25) is 5.15 Å². The molecule has 0 fully saturated rings. The Morgan fingerprint density at radius 1 is 1.35 bits per heavy atom. The first-order chi connectivity index (χ1) is 9.47. The summed E-state index contributed by atoms with van der Waals surface area (Å²) in [5.74, 6) is -0.239. The van der Waals surface area contributed by atoms with Gasteiger partial charge in [-0.3, -0.25) is 4.79 Å². The van der Waals surface area contributed by atoms with E-state index >= 15 is 0 Å². The van der Waals surface area contributed by atoms with Crippen LogP contribution in [0.15, 0.2) is 41.0 Å². The monoisotopic (exact) mass is 352 g/mol. The number of nitrogens with one attached hydrogen (secondary N) is 1. The van der Waals surface area contributed by atoms with Crippen LogP contribution in [0.1, 0.15) is 34.5 Å². The van der Waals surface area contributed by atoms with Gasteiger partial charge in [0.1, 0.15) is 5.15 Å². The minimum Gasteiger partial charge on any atom is -0.345 e. The second kappa shape index (κ2) is 6.37. The maximum Gasteiger partial charge on any atom is 0.254 e. The Labute approximate surface area is 131 Å². The number of benzene rings is 1. The number of halogens is 2. The van der Waals surface area contributed by atoms with Crippen molar-refractivity contribution in [3.63, 3.8) is 0 Å². The highest BCUT2D eigenvalue weighted by molar-refractivity contribution is 9.10. The summed E-state index contributed by atoms with van der Waals surface area (Å²) < 4.78 is 0.718. The van der Waals surface area contributed by atoms with Crippen molar-refractivity contribution in [3.8, 4) is 0 Å². The summed E-state index contributed by atoms with van der Waals surface area (Å²) in [4.78, 5) is 16.2. The number of aryl methyl sites for hydroxylation is 1. The molecule has 1 N–H and O–H groups in total. The number of nitrogens with zero attached hydrogens (tertiary/aromatic N) is 1. The van der Waals surface area contributed by atoms with E-state index in [1.165, 1.54) is 5.56 Å². The van der Waals surface area contributed by atoms with Crippen LogP contribution >= 0.6 is 27.5 Å². The van der Waals surface area contributed by atoms with Gasteiger partial charge in [0.25, 0.3) is 5.91 Å². The molecular weight excluding hydrogens is 340 g/mol. The van der Waals surface area contributed by atoms with E-state index in [2.05, 4.69) is 26.2 Å². The van der Waals surface area contributed by atoms with E-state index in [4.69, 9.17) is 11.6 Å². The molecule has 0 aliphatic heterocycles. The van der Waals surface area contributed by atoms with E-state index in [-0.39, 0.29) is 17.1 Å². The average Bonchev–Trinajstić information content (AvgIpc) is 2.42. The number of amides is 1. The highest BCUT2D eigenvalue weighted by atomic mass is 79.9. The largest absolute Gasteiger partial charge is 0.345 e. The third kappa shape index (κ3) is 3.58. The van der Waals surface area contributed by atoms with Gasteiger partial charge in [-0.15, -0.1) is 0 Å². The zero-order chi connectivity index (χ0) is 14.7. The van der Waals surface area contributed by atoms with Crippen LogP contribution in [-0.4, -0.2) is 10.9 Å². The molecule has 20 heavy (non-hydrogen) atoms. The summed E-state index contributed by atoms with van der Waals surface area (Å²) in [7, 11) is 0. The molecule has 0 aliphatic rings. The van der Waals surface area contributed by atoms with E-state index in [1.807, 2.05) is 38.1 Å². The van der Waals surface area contributed by atoms with Crippen molar-refractivity contribution < 1.29 is 4.79 Å². The van der Waals surface area contributed by atoms with Crippen molar-refractivity contribution in [1.82, 2.24) is 10.3 Å². The smallest absolute Gasteiger partial charge is 0.254 e. The quantitative estimate of drug-likeness (QED) is 0.836. The lowest BCUT2D eigenvalue weighted by atomic mass is 10.1. The Balaban J connectivity index is 2.15. The van der Waals surface area contributed by atoms with Crippen molar-refractivity contribution in [3.05, 3.63) is 62.8 Å². The lowest BCUT2D eigenvalue weighted by molar-refractivity contribution is 0.0939. The van der Waals surface area contributed by atoms with Gasteiger partial charge in [0, 0.05) is 10.7 Å². The number of carbonyl (C=O) groups excluding carboxylic acids is 1. The zero-order valence-corrected chi connectivity index (χ0v) is 13.5. The van der Waals surface area contributed by atoms with Crippen LogP contribution in [0, 0.1) is 6.92 Å². The van der Waals surface area contributed by atoms with Crippen LogP contribution in [0.5, 0.6) is 0 Å². The molecule has 1 aromatic heterocycles. The van der Waals surface area contributed by atoms with E-state index in [0.717, 1.165) is 10.0 Å². The number of pyridine rings is 1. The summed E-state index contributed by atoms with van der Waals surface area (Å²) in [5, 5.41) is 3.11. The predicted molar refractivity (Wildman–Crippen MR) is 84.0 cm³/mol. The van der Waals surface area contributed by atoms with Gasteiger partial charge in [0.15, 0.2) is 0 Å². The number of aromatic nitrogens is 1. The van der Waals surface area contributed by atoms with E-state index in [9.17, 15) is 4.79 Å². The molecule has 0 aliphatic carbocycles. The molecule has 2 rings (SSSR count). The summed E-state index contributed by atoms with van der Waals surface area (Å²) >= 11 is 9.23. The third-order valence-corrected chi connectivity index (χ3v) is 3.71. The van der Waals surface area contributed by atoms with Gasteiger partial charge in [0.05, 0.1) is 11.6 Å². The van der Waals surface area contributed by atoms with Gasteiger partial charge >= 0.3 is 0 Å². The Morgan fingerprint density at radius 2 is 2.00 bits per heavy atom. The molecule has 1 atom stereocenters. The second-order valence-electron chi connectivity index (χ2n) is 4.60. The number of hydrogen-bond acceptors (Lipinski definition) is 2. The van der Waals surface area contributed by atoms with Gasteiger partial charge in [-0.25, -0.2) is 4.98 Å². The topological polar surface area (TPSA) is 42.0 Å². The van der Waals surface area contributed by atoms with Gasteiger partial charge in [-0.2, -0.15) is 0 Å². The van der Waals surface area contributed by atoms with Crippen molar-refractivity contribution in [2.75, 3.05) is 0 Å². The molecule has 0 bridgehead atoms. The lowest BCUT2D eigenvalue weighted by Crippen LogP contribution is -2.27. The summed E-state index contributed by atoms with van der Waals surface area (Å²) in [6.07, 6.45) is 1.56. The van der Waals surface area contributed by atoms with Crippen molar-refractivity contribution in [2.24, 2.45) is 0 Å². The predicted octanol–water partition coefficient (Wildman–Crippen LogP) is 4.30. The molecular formula is C15H14BrClN2O. The molecule has 5 heteroatoms. The Hall–Kier alpha value is -1.39. The Bertz CT molecular complexity index is 628. The molecule has 1 aromatic carbocycles. The molecule has 3 nitrogen and oxygen atoms in total. The van der Waals surface area contributed by atoms with Crippen molar-refractivity contribution in [2.45, 2.75) is 19.9 Å². The first-order valence-electron chi connectivity index (χ1n) is 6.16.